The number of aryl methyl sites for hydroxylation is 1. The summed E-state index contributed by atoms with van der Waals surface area (Å²) in [6.45, 7) is 3.02. The van der Waals surface area contributed by atoms with Gasteiger partial charge in [-0.3, -0.25) is 4.79 Å². The quantitative estimate of drug-likeness (QED) is 0.346. The van der Waals surface area contributed by atoms with Crippen LogP contribution in [0.1, 0.15) is 16.0 Å². The molecule has 1 heterocycles. The molecule has 148 valence electrons. The first-order valence-corrected chi connectivity index (χ1v) is 9.33. The largest absolute Gasteiger partial charge is 0.356 e. The van der Waals surface area contributed by atoms with Crippen LogP contribution in [0.3, 0.4) is 0 Å². The highest BCUT2D eigenvalue weighted by atomic mass is 127. The van der Waals surface area contributed by atoms with Crippen LogP contribution in [0.5, 0.6) is 0 Å². The van der Waals surface area contributed by atoms with Crippen molar-refractivity contribution in [3.8, 4) is 0 Å². The van der Waals surface area contributed by atoms with Crippen LogP contribution < -0.4 is 10.6 Å². The second kappa shape index (κ2) is 11.9. The highest BCUT2D eigenvalue weighted by Crippen LogP contribution is 2.10. The number of aliphatic imine (C=N–C) groups is 1. The lowest BCUT2D eigenvalue weighted by molar-refractivity contribution is -0.127. The Kier molecular flexibility index (Phi) is 10.3. The third-order valence-corrected chi connectivity index (χ3v) is 4.73. The summed E-state index contributed by atoms with van der Waals surface area (Å²) in [4.78, 5) is 19.1. The molecule has 0 atom stereocenters. The van der Waals surface area contributed by atoms with Crippen LogP contribution in [0, 0.1) is 12.7 Å². The summed E-state index contributed by atoms with van der Waals surface area (Å²) in [6, 6.07) is 9.08. The number of likely N-dealkylation sites (N-methyl/N-ethyl adjacent to an activating group) is 1. The molecule has 1 amide bonds. The van der Waals surface area contributed by atoms with E-state index in [4.69, 9.17) is 0 Å². The standard InChI is InChI=1S/C19H25FN4OS.HI/c1-14-11-15(6-7-17(14)20)12-22-19(23-13-18(25)24(2)3)21-9-8-16-5-4-10-26-16;/h4-7,10-11H,8-9,12-13H2,1-3H3,(H2,21,22,23);1H. The molecule has 0 saturated carbocycles. The molecule has 0 saturated heterocycles. The molecule has 0 aliphatic rings. The lowest BCUT2D eigenvalue weighted by Gasteiger charge is -2.15. The molecule has 0 bridgehead atoms. The lowest BCUT2D eigenvalue weighted by atomic mass is 10.1. The van der Waals surface area contributed by atoms with Gasteiger partial charge in [0.05, 0.1) is 13.1 Å². The number of thiophene rings is 1. The molecule has 0 fully saturated rings. The number of amides is 1. The zero-order chi connectivity index (χ0) is 18.9. The van der Waals surface area contributed by atoms with Crippen molar-refractivity contribution in [2.45, 2.75) is 19.9 Å². The average molecular weight is 504 g/mol. The number of rotatable bonds is 7. The van der Waals surface area contributed by atoms with Gasteiger partial charge in [-0.15, -0.1) is 35.3 Å². The van der Waals surface area contributed by atoms with Crippen molar-refractivity contribution >= 4 is 47.2 Å². The maximum absolute atomic E-state index is 13.4. The number of hydrogen-bond acceptors (Lipinski definition) is 3. The molecule has 8 heteroatoms. The fourth-order valence-electron chi connectivity index (χ4n) is 2.23. The van der Waals surface area contributed by atoms with E-state index in [0.717, 1.165) is 12.0 Å². The van der Waals surface area contributed by atoms with Crippen molar-refractivity contribution in [1.29, 1.82) is 0 Å². The molecule has 2 aromatic rings. The molecule has 1 aromatic carbocycles. The van der Waals surface area contributed by atoms with Gasteiger partial charge in [-0.2, -0.15) is 0 Å². The van der Waals surface area contributed by atoms with Gasteiger partial charge in [0.2, 0.25) is 5.91 Å². The first-order chi connectivity index (χ1) is 12.5. The van der Waals surface area contributed by atoms with Gasteiger partial charge in [0.15, 0.2) is 5.96 Å². The highest BCUT2D eigenvalue weighted by Gasteiger charge is 2.06. The molecule has 0 aliphatic heterocycles. The molecule has 0 aliphatic carbocycles. The summed E-state index contributed by atoms with van der Waals surface area (Å²) >= 11 is 1.71. The van der Waals surface area contributed by atoms with Gasteiger partial charge in [0, 0.05) is 25.5 Å². The van der Waals surface area contributed by atoms with Gasteiger partial charge < -0.3 is 15.5 Å². The van der Waals surface area contributed by atoms with E-state index in [0.29, 0.717) is 24.6 Å². The monoisotopic (exact) mass is 504 g/mol. The summed E-state index contributed by atoms with van der Waals surface area (Å²) < 4.78 is 13.4. The van der Waals surface area contributed by atoms with E-state index in [9.17, 15) is 9.18 Å². The zero-order valence-corrected chi connectivity index (χ0v) is 18.9. The molecule has 1 aromatic heterocycles. The van der Waals surface area contributed by atoms with Crippen molar-refractivity contribution in [3.63, 3.8) is 0 Å². The van der Waals surface area contributed by atoms with Gasteiger partial charge in [0.1, 0.15) is 5.82 Å². The summed E-state index contributed by atoms with van der Waals surface area (Å²) in [5.41, 5.74) is 1.52. The number of halogens is 2. The lowest BCUT2D eigenvalue weighted by Crippen LogP contribution is -2.43. The molecule has 0 radical (unpaired) electrons. The molecular formula is C19H26FIN4OS. The highest BCUT2D eigenvalue weighted by molar-refractivity contribution is 14.0. The summed E-state index contributed by atoms with van der Waals surface area (Å²) in [7, 11) is 3.43. The summed E-state index contributed by atoms with van der Waals surface area (Å²) in [5.74, 6) is 0.316. The van der Waals surface area contributed by atoms with Crippen LogP contribution >= 0.6 is 35.3 Å². The number of benzene rings is 1. The van der Waals surface area contributed by atoms with Crippen LogP contribution in [0.25, 0.3) is 0 Å². The Bertz CT molecular complexity index is 750. The number of carbonyl (C=O) groups is 1. The van der Waals surface area contributed by atoms with E-state index in [1.807, 2.05) is 6.07 Å². The predicted octanol–water partition coefficient (Wildman–Crippen LogP) is 3.18. The van der Waals surface area contributed by atoms with Crippen LogP contribution in [-0.4, -0.2) is 44.0 Å². The number of hydrogen-bond donors (Lipinski definition) is 2. The maximum Gasteiger partial charge on any atom is 0.241 e. The van der Waals surface area contributed by atoms with E-state index >= 15 is 0 Å². The molecule has 0 unspecified atom stereocenters. The van der Waals surface area contributed by atoms with Gasteiger partial charge in [-0.1, -0.05) is 18.2 Å². The molecular weight excluding hydrogens is 478 g/mol. The first-order valence-electron chi connectivity index (χ1n) is 8.45. The number of guanidine groups is 1. The summed E-state index contributed by atoms with van der Waals surface area (Å²) in [5, 5.41) is 8.35. The fourth-order valence-corrected chi connectivity index (χ4v) is 2.94. The molecule has 5 nitrogen and oxygen atoms in total. The molecule has 0 spiro atoms. The Morgan fingerprint density at radius 1 is 1.26 bits per heavy atom. The zero-order valence-electron chi connectivity index (χ0n) is 15.8. The van der Waals surface area contributed by atoms with Crippen LogP contribution in [0.15, 0.2) is 40.7 Å². The third-order valence-electron chi connectivity index (χ3n) is 3.79. The van der Waals surface area contributed by atoms with Crippen molar-refractivity contribution in [2.24, 2.45) is 4.99 Å². The van der Waals surface area contributed by atoms with Gasteiger partial charge in [-0.25, -0.2) is 9.38 Å². The van der Waals surface area contributed by atoms with Gasteiger partial charge in [-0.05, 0) is 42.0 Å². The van der Waals surface area contributed by atoms with Crippen LogP contribution in [0.4, 0.5) is 4.39 Å². The van der Waals surface area contributed by atoms with Crippen molar-refractivity contribution in [1.82, 2.24) is 15.5 Å². The fraction of sp³-hybridized carbons (Fsp3) is 0.368. The number of nitrogens with zero attached hydrogens (tertiary/aromatic N) is 2. The van der Waals surface area contributed by atoms with Gasteiger partial charge >= 0.3 is 0 Å². The Morgan fingerprint density at radius 3 is 2.67 bits per heavy atom. The number of nitrogens with one attached hydrogen (secondary N) is 2. The Labute approximate surface area is 181 Å². The van der Waals surface area contributed by atoms with E-state index < -0.39 is 0 Å². The molecule has 2 rings (SSSR count). The molecule has 27 heavy (non-hydrogen) atoms. The minimum absolute atomic E-state index is 0. The topological polar surface area (TPSA) is 56.7 Å². The second-order valence-corrected chi connectivity index (χ2v) is 7.18. The smallest absolute Gasteiger partial charge is 0.241 e. The Balaban J connectivity index is 0.00000364. The SMILES string of the molecule is Cc1cc(CN=C(NCCc2cccs2)NCC(=O)N(C)C)ccc1F.I. The molecule has 2 N–H and O–H groups in total. The first kappa shape index (κ1) is 23.4. The van der Waals surface area contributed by atoms with Gasteiger partial charge in [0.25, 0.3) is 0 Å². The van der Waals surface area contributed by atoms with E-state index in [1.54, 1.807) is 44.5 Å². The second-order valence-electron chi connectivity index (χ2n) is 6.15. The van der Waals surface area contributed by atoms with Crippen molar-refractivity contribution in [2.75, 3.05) is 27.2 Å². The van der Waals surface area contributed by atoms with Crippen LogP contribution in [0.2, 0.25) is 0 Å². The van der Waals surface area contributed by atoms with Crippen molar-refractivity contribution < 1.29 is 9.18 Å². The minimum Gasteiger partial charge on any atom is -0.356 e. The summed E-state index contributed by atoms with van der Waals surface area (Å²) in [6.07, 6.45) is 0.885. The van der Waals surface area contributed by atoms with E-state index in [2.05, 4.69) is 27.1 Å². The Hall–Kier alpha value is -1.68. The van der Waals surface area contributed by atoms with Crippen LogP contribution in [-0.2, 0) is 17.8 Å². The predicted molar refractivity (Wildman–Crippen MR) is 120 cm³/mol. The third kappa shape index (κ3) is 8.25. The minimum atomic E-state index is -0.221. The Morgan fingerprint density at radius 2 is 2.04 bits per heavy atom. The van der Waals surface area contributed by atoms with Crippen molar-refractivity contribution in [3.05, 3.63) is 57.5 Å². The normalized spacial score (nSPS) is 10.9. The maximum atomic E-state index is 13.4. The number of carbonyl (C=O) groups excluding carboxylic acids is 1. The average Bonchev–Trinajstić information content (AvgIpc) is 3.12. The van der Waals surface area contributed by atoms with E-state index in [1.165, 1.54) is 15.8 Å². The van der Waals surface area contributed by atoms with E-state index in [-0.39, 0.29) is 42.2 Å².